The highest BCUT2D eigenvalue weighted by molar-refractivity contribution is 5.30. The first-order valence-corrected chi connectivity index (χ1v) is 11.6. The zero-order chi connectivity index (χ0) is 23.0. The van der Waals surface area contributed by atoms with Crippen molar-refractivity contribution in [3.63, 3.8) is 0 Å². The van der Waals surface area contributed by atoms with Gasteiger partial charge in [0.05, 0.1) is 0 Å². The number of nitrogens with zero attached hydrogens (tertiary/aromatic N) is 1. The fourth-order valence-corrected chi connectivity index (χ4v) is 5.06. The van der Waals surface area contributed by atoms with Gasteiger partial charge in [-0.2, -0.15) is 9.65 Å². The smallest absolute Gasteiger partial charge is 0.406 e. The van der Waals surface area contributed by atoms with Gasteiger partial charge in [0, 0.05) is 0 Å². The van der Waals surface area contributed by atoms with E-state index in [9.17, 15) is 17.6 Å². The van der Waals surface area contributed by atoms with Gasteiger partial charge in [0.2, 0.25) is 0 Å². The van der Waals surface area contributed by atoms with Crippen LogP contribution in [0, 0.1) is 29.1 Å². The molecular formula is C26H31F4NO. The molecule has 1 aromatic rings. The predicted octanol–water partition coefficient (Wildman–Crippen LogP) is 8.38. The highest BCUT2D eigenvalue weighted by atomic mass is 19.4. The van der Waals surface area contributed by atoms with Gasteiger partial charge in [-0.25, -0.2) is 0 Å². The number of ether oxygens (including phenoxy) is 1. The van der Waals surface area contributed by atoms with Crippen LogP contribution in [0.4, 0.5) is 17.6 Å². The van der Waals surface area contributed by atoms with Crippen molar-refractivity contribution in [2.45, 2.75) is 76.5 Å². The van der Waals surface area contributed by atoms with E-state index < -0.39 is 12.2 Å². The van der Waals surface area contributed by atoms with Crippen molar-refractivity contribution in [3.8, 4) is 11.8 Å². The standard InChI is InChI=1S/C26H31F4NO/c27-24(18-31)3-1-2-19-4-6-20(7-5-19)8-9-21-10-12-22(13-11-21)23-14-16-25(17-15-23)32-26(28,29)30/h3,8-9,14-17,19-22H,1-2,4-7,10-13H2/b9-8+,24-3?/t19-,20-,21-,22-. The third-order valence-corrected chi connectivity index (χ3v) is 6.91. The molecule has 2 fully saturated rings. The average molecular weight is 450 g/mol. The van der Waals surface area contributed by atoms with E-state index in [0.717, 1.165) is 50.5 Å². The Morgan fingerprint density at radius 1 is 0.938 bits per heavy atom. The zero-order valence-electron chi connectivity index (χ0n) is 18.3. The largest absolute Gasteiger partial charge is 0.573 e. The molecule has 0 atom stereocenters. The van der Waals surface area contributed by atoms with Gasteiger partial charge >= 0.3 is 6.36 Å². The Labute approximate surface area is 188 Å². The van der Waals surface area contributed by atoms with E-state index in [-0.39, 0.29) is 5.75 Å². The van der Waals surface area contributed by atoms with Crippen LogP contribution in [0.3, 0.4) is 0 Å². The van der Waals surface area contributed by atoms with Crippen molar-refractivity contribution in [1.29, 1.82) is 5.26 Å². The summed E-state index contributed by atoms with van der Waals surface area (Å²) in [5.74, 6) is 1.38. The Morgan fingerprint density at radius 3 is 2.03 bits per heavy atom. The molecule has 0 unspecified atom stereocenters. The van der Waals surface area contributed by atoms with E-state index in [0.29, 0.717) is 30.1 Å². The Kier molecular flexibility index (Phi) is 8.78. The first-order chi connectivity index (χ1) is 15.3. The Morgan fingerprint density at radius 2 is 1.50 bits per heavy atom. The summed E-state index contributed by atoms with van der Waals surface area (Å²) in [6.45, 7) is 0. The topological polar surface area (TPSA) is 33.0 Å². The van der Waals surface area contributed by atoms with Crippen molar-refractivity contribution < 1.29 is 22.3 Å². The number of hydrogen-bond acceptors (Lipinski definition) is 2. The number of rotatable bonds is 7. The van der Waals surface area contributed by atoms with Crippen LogP contribution in [-0.2, 0) is 0 Å². The fraction of sp³-hybridized carbons (Fsp3) is 0.577. The van der Waals surface area contributed by atoms with Crippen molar-refractivity contribution >= 4 is 0 Å². The molecule has 2 nitrogen and oxygen atoms in total. The number of allylic oxidation sites excluding steroid dienone is 4. The monoisotopic (exact) mass is 449 g/mol. The maximum Gasteiger partial charge on any atom is 0.573 e. The number of halogens is 4. The molecule has 0 aromatic heterocycles. The Bertz CT molecular complexity index is 806. The quantitative estimate of drug-likeness (QED) is 0.238. The van der Waals surface area contributed by atoms with E-state index >= 15 is 0 Å². The fourth-order valence-electron chi connectivity index (χ4n) is 5.06. The molecule has 174 valence electrons. The molecule has 0 spiro atoms. The van der Waals surface area contributed by atoms with Crippen LogP contribution in [0.5, 0.6) is 5.75 Å². The maximum absolute atomic E-state index is 12.9. The van der Waals surface area contributed by atoms with Gasteiger partial charge < -0.3 is 4.74 Å². The lowest BCUT2D eigenvalue weighted by molar-refractivity contribution is -0.274. The number of benzene rings is 1. The van der Waals surface area contributed by atoms with Crippen LogP contribution >= 0.6 is 0 Å². The normalized spacial score (nSPS) is 27.3. The minimum absolute atomic E-state index is 0.168. The highest BCUT2D eigenvalue weighted by Gasteiger charge is 2.31. The van der Waals surface area contributed by atoms with Crippen LogP contribution in [0.15, 0.2) is 48.3 Å². The summed E-state index contributed by atoms with van der Waals surface area (Å²) in [6, 6.07) is 7.84. The SMILES string of the molecule is N#CC(F)=CCC[C@H]1CC[C@H](/C=C/[C@H]2CC[C@H](c3ccc(OC(F)(F)F)cc3)CC2)CC1. The molecule has 0 bridgehead atoms. The van der Waals surface area contributed by atoms with Gasteiger partial charge in [-0.05, 0) is 112 Å². The number of hydrogen-bond donors (Lipinski definition) is 0. The number of alkyl halides is 3. The van der Waals surface area contributed by atoms with Crippen molar-refractivity contribution in [3.05, 3.63) is 53.9 Å². The molecule has 3 rings (SSSR count). The van der Waals surface area contributed by atoms with Crippen molar-refractivity contribution in [1.82, 2.24) is 0 Å². The van der Waals surface area contributed by atoms with Crippen molar-refractivity contribution in [2.75, 3.05) is 0 Å². The average Bonchev–Trinajstić information content (AvgIpc) is 2.78. The van der Waals surface area contributed by atoms with E-state index in [1.54, 1.807) is 12.1 Å². The second kappa shape index (κ2) is 11.5. The molecule has 2 aliphatic rings. The Hall–Kier alpha value is -2.29. The minimum atomic E-state index is -4.65. The molecule has 2 saturated carbocycles. The summed E-state index contributed by atoms with van der Waals surface area (Å²) >= 11 is 0. The van der Waals surface area contributed by atoms with Gasteiger partial charge in [0.1, 0.15) is 11.8 Å². The minimum Gasteiger partial charge on any atom is -0.406 e. The summed E-state index contributed by atoms with van der Waals surface area (Å²) in [6.07, 6.45) is 12.1. The second-order valence-corrected chi connectivity index (χ2v) is 9.14. The molecule has 0 radical (unpaired) electrons. The molecule has 0 aliphatic heterocycles. The molecule has 0 heterocycles. The van der Waals surface area contributed by atoms with E-state index in [1.165, 1.54) is 37.1 Å². The van der Waals surface area contributed by atoms with Gasteiger partial charge in [-0.15, -0.1) is 13.2 Å². The summed E-state index contributed by atoms with van der Waals surface area (Å²) in [7, 11) is 0. The lowest BCUT2D eigenvalue weighted by atomic mass is 9.77. The van der Waals surface area contributed by atoms with E-state index in [1.807, 2.05) is 0 Å². The molecule has 0 saturated heterocycles. The third kappa shape index (κ3) is 8.00. The second-order valence-electron chi connectivity index (χ2n) is 9.14. The molecule has 32 heavy (non-hydrogen) atoms. The molecule has 0 amide bonds. The van der Waals surface area contributed by atoms with Crippen LogP contribution in [-0.4, -0.2) is 6.36 Å². The first kappa shape index (κ1) is 24.4. The van der Waals surface area contributed by atoms with Gasteiger partial charge in [-0.1, -0.05) is 24.3 Å². The Balaban J connectivity index is 1.37. The summed E-state index contributed by atoms with van der Waals surface area (Å²) < 4.78 is 53.7. The van der Waals surface area contributed by atoms with Crippen LogP contribution in [0.2, 0.25) is 0 Å². The lowest BCUT2D eigenvalue weighted by Gasteiger charge is -2.29. The van der Waals surface area contributed by atoms with Crippen LogP contribution in [0.1, 0.15) is 75.7 Å². The lowest BCUT2D eigenvalue weighted by Crippen LogP contribution is -2.17. The van der Waals surface area contributed by atoms with Crippen LogP contribution in [0.25, 0.3) is 0 Å². The molecule has 2 aliphatic carbocycles. The van der Waals surface area contributed by atoms with E-state index in [2.05, 4.69) is 16.9 Å². The van der Waals surface area contributed by atoms with Gasteiger partial charge in [0.15, 0.2) is 5.83 Å². The third-order valence-electron chi connectivity index (χ3n) is 6.91. The highest BCUT2D eigenvalue weighted by Crippen LogP contribution is 2.38. The van der Waals surface area contributed by atoms with Crippen LogP contribution < -0.4 is 4.74 Å². The molecular weight excluding hydrogens is 418 g/mol. The number of nitriles is 1. The maximum atomic E-state index is 12.9. The van der Waals surface area contributed by atoms with Crippen molar-refractivity contribution in [2.24, 2.45) is 17.8 Å². The molecule has 0 N–H and O–H groups in total. The molecule has 6 heteroatoms. The zero-order valence-corrected chi connectivity index (χ0v) is 18.3. The van der Waals surface area contributed by atoms with E-state index in [4.69, 9.17) is 5.26 Å². The van der Waals surface area contributed by atoms with Gasteiger partial charge in [0.25, 0.3) is 0 Å². The predicted molar refractivity (Wildman–Crippen MR) is 116 cm³/mol. The van der Waals surface area contributed by atoms with Gasteiger partial charge in [-0.3, -0.25) is 0 Å². The first-order valence-electron chi connectivity index (χ1n) is 11.6. The summed E-state index contributed by atoms with van der Waals surface area (Å²) in [5, 5.41) is 8.45. The summed E-state index contributed by atoms with van der Waals surface area (Å²) in [4.78, 5) is 0. The summed E-state index contributed by atoms with van der Waals surface area (Å²) in [5.41, 5.74) is 1.09. The molecule has 1 aromatic carbocycles.